The molecule has 1 aromatic carbocycles. The molecule has 2 aromatic rings. The van der Waals surface area contributed by atoms with Crippen LogP contribution in [-0.4, -0.2) is 64.9 Å². The summed E-state index contributed by atoms with van der Waals surface area (Å²) in [5.74, 6) is 0.429. The maximum Gasteiger partial charge on any atom is 0.228 e. The number of rotatable bonds is 7. The predicted molar refractivity (Wildman–Crippen MR) is 103 cm³/mol. The van der Waals surface area contributed by atoms with E-state index in [9.17, 15) is 9.18 Å². The number of carbonyl (C=O) groups is 1. The molecule has 1 aliphatic rings. The van der Waals surface area contributed by atoms with Gasteiger partial charge in [-0.3, -0.25) is 14.6 Å². The third kappa shape index (κ3) is 5.61. The van der Waals surface area contributed by atoms with Crippen LogP contribution >= 0.6 is 0 Å². The van der Waals surface area contributed by atoms with Gasteiger partial charge >= 0.3 is 0 Å². The molecule has 3 rings (SSSR count). The van der Waals surface area contributed by atoms with Gasteiger partial charge in [-0.2, -0.15) is 0 Å². The number of hydrogen-bond acceptors (Lipinski definition) is 4. The van der Waals surface area contributed by atoms with Crippen molar-refractivity contribution < 1.29 is 9.18 Å². The molecule has 7 heteroatoms. The lowest BCUT2D eigenvalue weighted by Gasteiger charge is -2.34. The van der Waals surface area contributed by atoms with Gasteiger partial charge in [0.2, 0.25) is 5.91 Å². The number of H-pyrrole nitrogens is 1. The number of halogens is 1. The van der Waals surface area contributed by atoms with E-state index in [0.29, 0.717) is 6.54 Å². The Morgan fingerprint density at radius 1 is 1.22 bits per heavy atom. The minimum Gasteiger partial charge on any atom is -0.354 e. The lowest BCUT2D eigenvalue weighted by Crippen LogP contribution is -2.48. The molecule has 1 unspecified atom stereocenters. The highest BCUT2D eigenvalue weighted by atomic mass is 19.1. The lowest BCUT2D eigenvalue weighted by molar-refractivity contribution is -0.122. The first-order chi connectivity index (χ1) is 13.0. The highest BCUT2D eigenvalue weighted by Gasteiger charge is 2.19. The predicted octanol–water partition coefficient (Wildman–Crippen LogP) is 1.89. The van der Waals surface area contributed by atoms with Crippen LogP contribution in [0.1, 0.15) is 29.9 Å². The average molecular weight is 373 g/mol. The van der Waals surface area contributed by atoms with Crippen molar-refractivity contribution in [2.75, 3.05) is 39.3 Å². The largest absolute Gasteiger partial charge is 0.354 e. The molecule has 27 heavy (non-hydrogen) atoms. The minimum atomic E-state index is -0.223. The van der Waals surface area contributed by atoms with E-state index in [0.717, 1.165) is 56.4 Å². The van der Waals surface area contributed by atoms with Gasteiger partial charge in [-0.15, -0.1) is 0 Å². The molecule has 1 aromatic heterocycles. The van der Waals surface area contributed by atoms with E-state index in [1.807, 2.05) is 26.0 Å². The van der Waals surface area contributed by atoms with Crippen molar-refractivity contribution in [2.45, 2.75) is 26.3 Å². The summed E-state index contributed by atoms with van der Waals surface area (Å²) in [4.78, 5) is 24.3. The first kappa shape index (κ1) is 19.5. The van der Waals surface area contributed by atoms with Crippen molar-refractivity contribution in [2.24, 2.45) is 0 Å². The van der Waals surface area contributed by atoms with E-state index in [-0.39, 0.29) is 17.6 Å². The first-order valence-electron chi connectivity index (χ1n) is 9.49. The Kier molecular flexibility index (Phi) is 6.58. The Bertz CT molecular complexity index is 737. The highest BCUT2D eigenvalue weighted by Crippen LogP contribution is 2.12. The van der Waals surface area contributed by atoms with E-state index >= 15 is 0 Å². The molecule has 1 saturated heterocycles. The van der Waals surface area contributed by atoms with Crippen LogP contribution in [0.4, 0.5) is 4.39 Å². The molecule has 2 heterocycles. The third-order valence-corrected chi connectivity index (χ3v) is 5.09. The zero-order chi connectivity index (χ0) is 19.2. The second-order valence-electron chi connectivity index (χ2n) is 7.18. The Morgan fingerprint density at radius 2 is 1.89 bits per heavy atom. The summed E-state index contributed by atoms with van der Waals surface area (Å²) < 4.78 is 13.0. The van der Waals surface area contributed by atoms with Crippen molar-refractivity contribution in [1.82, 2.24) is 25.1 Å². The Labute approximate surface area is 159 Å². The number of hydrogen-bond donors (Lipinski definition) is 2. The second-order valence-corrected chi connectivity index (χ2v) is 7.18. The van der Waals surface area contributed by atoms with Crippen LogP contribution in [0.3, 0.4) is 0 Å². The number of aryl methyl sites for hydroxylation is 1. The molecule has 1 atom stereocenters. The standard InChI is InChI=1S/C20H28FN5O/c1-15(19-13-23-16(2)24-19)20(27)22-7-8-25-9-11-26(12-10-25)14-17-3-5-18(21)6-4-17/h3-6,13,15H,7-12,14H2,1-2H3,(H,22,27)(H,23,24). The van der Waals surface area contributed by atoms with Gasteiger partial charge in [0.1, 0.15) is 11.6 Å². The summed E-state index contributed by atoms with van der Waals surface area (Å²) in [6.45, 7) is 10.0. The molecule has 0 bridgehead atoms. The summed E-state index contributed by atoms with van der Waals surface area (Å²) in [5.41, 5.74) is 1.99. The average Bonchev–Trinajstić information content (AvgIpc) is 3.10. The number of nitrogens with one attached hydrogen (secondary N) is 2. The van der Waals surface area contributed by atoms with Crippen molar-refractivity contribution in [3.63, 3.8) is 0 Å². The van der Waals surface area contributed by atoms with E-state index < -0.39 is 0 Å². The molecule has 0 aliphatic carbocycles. The van der Waals surface area contributed by atoms with Gasteiger partial charge in [-0.25, -0.2) is 9.37 Å². The Balaban J connectivity index is 1.34. The van der Waals surface area contributed by atoms with Crippen LogP contribution in [0.15, 0.2) is 30.5 Å². The summed E-state index contributed by atoms with van der Waals surface area (Å²) in [6.07, 6.45) is 1.72. The summed E-state index contributed by atoms with van der Waals surface area (Å²) in [5, 5.41) is 3.02. The Hall–Kier alpha value is -2.25. The summed E-state index contributed by atoms with van der Waals surface area (Å²) >= 11 is 0. The van der Waals surface area contributed by atoms with Crippen molar-refractivity contribution in [3.8, 4) is 0 Å². The molecule has 0 radical (unpaired) electrons. The van der Waals surface area contributed by atoms with Gasteiger partial charge in [-0.05, 0) is 31.5 Å². The maximum absolute atomic E-state index is 13.0. The number of aromatic amines is 1. The maximum atomic E-state index is 13.0. The highest BCUT2D eigenvalue weighted by molar-refractivity contribution is 5.82. The molecule has 1 aliphatic heterocycles. The van der Waals surface area contributed by atoms with Crippen LogP contribution in [0.5, 0.6) is 0 Å². The number of carbonyl (C=O) groups excluding carboxylic acids is 1. The fraction of sp³-hybridized carbons (Fsp3) is 0.500. The van der Waals surface area contributed by atoms with Crippen molar-refractivity contribution in [3.05, 3.63) is 53.4 Å². The van der Waals surface area contributed by atoms with Gasteiger partial charge in [0.15, 0.2) is 0 Å². The molecule has 1 fully saturated rings. The molecule has 0 saturated carbocycles. The first-order valence-corrected chi connectivity index (χ1v) is 9.49. The third-order valence-electron chi connectivity index (χ3n) is 5.09. The van der Waals surface area contributed by atoms with Gasteiger partial charge in [0.05, 0.1) is 5.92 Å². The normalized spacial score (nSPS) is 17.0. The fourth-order valence-corrected chi connectivity index (χ4v) is 3.31. The monoisotopic (exact) mass is 373 g/mol. The van der Waals surface area contributed by atoms with E-state index in [4.69, 9.17) is 0 Å². The lowest BCUT2D eigenvalue weighted by atomic mass is 10.1. The fourth-order valence-electron chi connectivity index (χ4n) is 3.31. The van der Waals surface area contributed by atoms with Crippen LogP contribution in [0.25, 0.3) is 0 Å². The smallest absolute Gasteiger partial charge is 0.228 e. The zero-order valence-electron chi connectivity index (χ0n) is 16.0. The molecular formula is C20H28FN5O. The van der Waals surface area contributed by atoms with E-state index in [2.05, 4.69) is 25.1 Å². The topological polar surface area (TPSA) is 64.3 Å². The quantitative estimate of drug-likeness (QED) is 0.778. The van der Waals surface area contributed by atoms with Gasteiger partial charge in [-0.1, -0.05) is 12.1 Å². The Morgan fingerprint density at radius 3 is 2.52 bits per heavy atom. The molecule has 1 amide bonds. The number of nitrogens with zero attached hydrogens (tertiary/aromatic N) is 3. The summed E-state index contributed by atoms with van der Waals surface area (Å²) in [6, 6.07) is 6.72. The summed E-state index contributed by atoms with van der Waals surface area (Å²) in [7, 11) is 0. The van der Waals surface area contributed by atoms with Crippen LogP contribution < -0.4 is 5.32 Å². The van der Waals surface area contributed by atoms with E-state index in [1.54, 1.807) is 6.20 Å². The number of benzene rings is 1. The zero-order valence-corrected chi connectivity index (χ0v) is 16.0. The van der Waals surface area contributed by atoms with Crippen molar-refractivity contribution in [1.29, 1.82) is 0 Å². The number of aromatic nitrogens is 2. The second kappa shape index (κ2) is 9.10. The molecule has 6 nitrogen and oxygen atoms in total. The van der Waals surface area contributed by atoms with Gasteiger partial charge in [0.25, 0.3) is 0 Å². The SMILES string of the molecule is Cc1ncc(C(C)C(=O)NCCN2CCN(Cc3ccc(F)cc3)CC2)[nH]1. The molecule has 146 valence electrons. The van der Waals surface area contributed by atoms with E-state index in [1.165, 1.54) is 12.1 Å². The molecule has 2 N–H and O–H groups in total. The minimum absolute atomic E-state index is 0.0218. The van der Waals surface area contributed by atoms with Gasteiger partial charge < -0.3 is 10.3 Å². The molecule has 0 spiro atoms. The van der Waals surface area contributed by atoms with Crippen LogP contribution in [0.2, 0.25) is 0 Å². The van der Waals surface area contributed by atoms with Crippen LogP contribution in [-0.2, 0) is 11.3 Å². The van der Waals surface area contributed by atoms with Crippen LogP contribution in [0, 0.1) is 12.7 Å². The number of piperazine rings is 1. The number of amides is 1. The van der Waals surface area contributed by atoms with Gasteiger partial charge in [0, 0.05) is 57.7 Å². The molecular weight excluding hydrogens is 345 g/mol. The number of imidazole rings is 1. The van der Waals surface area contributed by atoms with Crippen molar-refractivity contribution >= 4 is 5.91 Å².